The lowest BCUT2D eigenvalue weighted by molar-refractivity contribution is -0.116. The van der Waals surface area contributed by atoms with Crippen LogP contribution in [0.3, 0.4) is 0 Å². The summed E-state index contributed by atoms with van der Waals surface area (Å²) in [6.45, 7) is -0.584. The molecule has 0 spiro atoms. The van der Waals surface area contributed by atoms with Gasteiger partial charge in [-0.15, -0.1) is 0 Å². The monoisotopic (exact) mass is 456 g/mol. The van der Waals surface area contributed by atoms with Crippen molar-refractivity contribution in [3.8, 4) is 0 Å². The molecule has 0 radical (unpaired) electrons. The summed E-state index contributed by atoms with van der Waals surface area (Å²) in [6, 6.07) is 19.1. The number of nitrogens with zero attached hydrogens (tertiary/aromatic N) is 1. The number of carbonyl (C=O) groups excluding carboxylic acids is 2. The van der Waals surface area contributed by atoms with E-state index in [1.165, 1.54) is 67.8 Å². The van der Waals surface area contributed by atoms with E-state index >= 15 is 0 Å². The highest BCUT2D eigenvalue weighted by Crippen LogP contribution is 2.19. The Balaban J connectivity index is 1.80. The van der Waals surface area contributed by atoms with Crippen molar-refractivity contribution in [2.45, 2.75) is 11.4 Å². The molecule has 32 heavy (non-hydrogen) atoms. The van der Waals surface area contributed by atoms with E-state index in [0.717, 1.165) is 4.31 Å². The molecule has 0 aliphatic heterocycles. The van der Waals surface area contributed by atoms with Gasteiger partial charge in [-0.25, -0.2) is 17.6 Å². The standard InChI is InChI=1S/C23H21FN2O5S/c1-31-23(28)18-9-13-20(14-10-18)25-22(27)16-26(15-17-7-11-19(24)12-8-17)32(29,30)21-5-3-2-4-6-21/h2-14H,15-16H2,1H3,(H,25,27). The Morgan fingerprint density at radius 1 is 0.938 bits per heavy atom. The second-order valence-corrected chi connectivity index (χ2v) is 8.77. The van der Waals surface area contributed by atoms with Crippen molar-refractivity contribution in [3.63, 3.8) is 0 Å². The van der Waals surface area contributed by atoms with Gasteiger partial charge in [0, 0.05) is 12.2 Å². The Morgan fingerprint density at radius 2 is 1.56 bits per heavy atom. The third-order valence-electron chi connectivity index (χ3n) is 4.56. The number of esters is 1. The molecule has 0 fully saturated rings. The summed E-state index contributed by atoms with van der Waals surface area (Å²) in [6.07, 6.45) is 0. The number of ether oxygens (including phenoxy) is 1. The number of methoxy groups -OCH3 is 1. The first-order chi connectivity index (χ1) is 15.3. The summed E-state index contributed by atoms with van der Waals surface area (Å²) in [5.74, 6) is -1.53. The van der Waals surface area contributed by atoms with Gasteiger partial charge in [-0.1, -0.05) is 30.3 Å². The average molecular weight is 456 g/mol. The number of nitrogens with one attached hydrogen (secondary N) is 1. The van der Waals surface area contributed by atoms with Crippen LogP contribution in [-0.4, -0.2) is 38.3 Å². The maximum Gasteiger partial charge on any atom is 0.337 e. The molecule has 0 bridgehead atoms. The minimum absolute atomic E-state index is 0.0392. The van der Waals surface area contributed by atoms with E-state index in [-0.39, 0.29) is 11.4 Å². The Morgan fingerprint density at radius 3 is 2.16 bits per heavy atom. The van der Waals surface area contributed by atoms with Gasteiger partial charge in [0.15, 0.2) is 0 Å². The topological polar surface area (TPSA) is 92.8 Å². The molecule has 3 aromatic carbocycles. The van der Waals surface area contributed by atoms with Crippen molar-refractivity contribution in [2.24, 2.45) is 0 Å². The SMILES string of the molecule is COC(=O)c1ccc(NC(=O)CN(Cc2ccc(F)cc2)S(=O)(=O)c2ccccc2)cc1. The molecule has 0 aliphatic carbocycles. The van der Waals surface area contributed by atoms with Crippen molar-refractivity contribution in [1.82, 2.24) is 4.31 Å². The molecule has 1 N–H and O–H groups in total. The maximum absolute atomic E-state index is 13.3. The summed E-state index contributed by atoms with van der Waals surface area (Å²) < 4.78 is 45.2. The molecule has 166 valence electrons. The predicted molar refractivity (Wildman–Crippen MR) is 117 cm³/mol. The average Bonchev–Trinajstić information content (AvgIpc) is 2.80. The van der Waals surface area contributed by atoms with Crippen molar-refractivity contribution >= 4 is 27.6 Å². The molecule has 7 nitrogen and oxygen atoms in total. The van der Waals surface area contributed by atoms with Crippen LogP contribution in [0, 0.1) is 5.82 Å². The Labute approximate surface area is 185 Å². The van der Waals surface area contributed by atoms with Gasteiger partial charge < -0.3 is 10.1 Å². The van der Waals surface area contributed by atoms with Crippen LogP contribution < -0.4 is 5.32 Å². The number of hydrogen-bond acceptors (Lipinski definition) is 5. The van der Waals surface area contributed by atoms with Crippen LogP contribution in [0.2, 0.25) is 0 Å². The quantitative estimate of drug-likeness (QED) is 0.524. The number of hydrogen-bond donors (Lipinski definition) is 1. The zero-order valence-electron chi connectivity index (χ0n) is 17.2. The number of rotatable bonds is 8. The van der Waals surface area contributed by atoms with Crippen LogP contribution in [0.25, 0.3) is 0 Å². The molecule has 0 saturated carbocycles. The lowest BCUT2D eigenvalue weighted by atomic mass is 10.2. The number of sulfonamides is 1. The van der Waals surface area contributed by atoms with Crippen LogP contribution in [0.1, 0.15) is 15.9 Å². The van der Waals surface area contributed by atoms with Gasteiger partial charge in [0.1, 0.15) is 5.82 Å². The van der Waals surface area contributed by atoms with E-state index < -0.39 is 34.3 Å². The number of amides is 1. The molecule has 1 amide bonds. The van der Waals surface area contributed by atoms with Gasteiger partial charge in [0.05, 0.1) is 24.1 Å². The van der Waals surface area contributed by atoms with Crippen molar-refractivity contribution in [3.05, 3.63) is 95.8 Å². The summed E-state index contributed by atoms with van der Waals surface area (Å²) in [5.41, 5.74) is 1.23. The summed E-state index contributed by atoms with van der Waals surface area (Å²) >= 11 is 0. The number of carbonyl (C=O) groups is 2. The fourth-order valence-corrected chi connectivity index (χ4v) is 4.33. The maximum atomic E-state index is 13.3. The third-order valence-corrected chi connectivity index (χ3v) is 6.37. The van der Waals surface area contributed by atoms with E-state index in [9.17, 15) is 22.4 Å². The molecule has 0 unspecified atom stereocenters. The molecular weight excluding hydrogens is 435 g/mol. The van der Waals surface area contributed by atoms with Crippen LogP contribution in [0.4, 0.5) is 10.1 Å². The van der Waals surface area contributed by atoms with Gasteiger partial charge in [0.25, 0.3) is 0 Å². The predicted octanol–water partition coefficient (Wildman–Crippen LogP) is 3.44. The second-order valence-electron chi connectivity index (χ2n) is 6.83. The van der Waals surface area contributed by atoms with E-state index in [4.69, 9.17) is 0 Å². The molecule has 3 aromatic rings. The summed E-state index contributed by atoms with van der Waals surface area (Å²) in [5, 5.41) is 2.62. The fraction of sp³-hybridized carbons (Fsp3) is 0.130. The van der Waals surface area contributed by atoms with Crippen LogP contribution in [-0.2, 0) is 26.1 Å². The van der Waals surface area contributed by atoms with Crippen LogP contribution in [0.15, 0.2) is 83.8 Å². The first kappa shape index (κ1) is 23.1. The fourth-order valence-electron chi connectivity index (χ4n) is 2.93. The summed E-state index contributed by atoms with van der Waals surface area (Å²) in [4.78, 5) is 24.2. The van der Waals surface area contributed by atoms with Crippen LogP contribution >= 0.6 is 0 Å². The molecule has 0 atom stereocenters. The van der Waals surface area contributed by atoms with Gasteiger partial charge in [-0.2, -0.15) is 4.31 Å². The first-order valence-electron chi connectivity index (χ1n) is 9.57. The summed E-state index contributed by atoms with van der Waals surface area (Å²) in [7, 11) is -2.74. The molecule has 9 heteroatoms. The molecule has 0 heterocycles. The Bertz CT molecular complexity index is 1180. The molecular formula is C23H21FN2O5S. The Hall–Kier alpha value is -3.56. The van der Waals surface area contributed by atoms with E-state index in [0.29, 0.717) is 16.8 Å². The van der Waals surface area contributed by atoms with Gasteiger partial charge in [-0.3, -0.25) is 4.79 Å². The first-order valence-corrected chi connectivity index (χ1v) is 11.0. The van der Waals surface area contributed by atoms with Gasteiger partial charge in [0.2, 0.25) is 15.9 Å². The van der Waals surface area contributed by atoms with E-state index in [2.05, 4.69) is 10.1 Å². The van der Waals surface area contributed by atoms with Crippen molar-refractivity contribution in [2.75, 3.05) is 19.0 Å². The highest BCUT2D eigenvalue weighted by molar-refractivity contribution is 7.89. The number of anilines is 1. The minimum Gasteiger partial charge on any atom is -0.465 e. The molecule has 0 aliphatic rings. The number of benzene rings is 3. The Kier molecular flexibility index (Phi) is 7.34. The highest BCUT2D eigenvalue weighted by Gasteiger charge is 2.27. The van der Waals surface area contributed by atoms with Crippen LogP contribution in [0.5, 0.6) is 0 Å². The lowest BCUT2D eigenvalue weighted by Crippen LogP contribution is -2.37. The molecule has 0 saturated heterocycles. The van der Waals surface area contributed by atoms with E-state index in [1.807, 2.05) is 0 Å². The zero-order chi connectivity index (χ0) is 23.1. The normalized spacial score (nSPS) is 11.2. The highest BCUT2D eigenvalue weighted by atomic mass is 32.2. The van der Waals surface area contributed by atoms with Crippen molar-refractivity contribution in [1.29, 1.82) is 0 Å². The third kappa shape index (κ3) is 5.77. The molecule has 0 aromatic heterocycles. The largest absolute Gasteiger partial charge is 0.465 e. The zero-order valence-corrected chi connectivity index (χ0v) is 18.0. The smallest absolute Gasteiger partial charge is 0.337 e. The second kappa shape index (κ2) is 10.2. The van der Waals surface area contributed by atoms with E-state index in [1.54, 1.807) is 18.2 Å². The van der Waals surface area contributed by atoms with Gasteiger partial charge >= 0.3 is 5.97 Å². The minimum atomic E-state index is -4.00. The lowest BCUT2D eigenvalue weighted by Gasteiger charge is -2.22. The van der Waals surface area contributed by atoms with Gasteiger partial charge in [-0.05, 0) is 54.1 Å². The molecule has 3 rings (SSSR count). The number of halogens is 1. The van der Waals surface area contributed by atoms with Crippen molar-refractivity contribution < 1.29 is 27.1 Å².